The van der Waals surface area contributed by atoms with E-state index in [-0.39, 0.29) is 51.4 Å². The van der Waals surface area contributed by atoms with Crippen LogP contribution < -0.4 is 0 Å². The van der Waals surface area contributed by atoms with Crippen LogP contribution >= 0.6 is 0 Å². The standard InChI is InChI=1S/C14H12.K/c1-3-7-13(8-4-1)11-12-14-9-5-2-6-10-14;/h1-12H;. The van der Waals surface area contributed by atoms with Crippen LogP contribution in [0, 0.1) is 0 Å². The van der Waals surface area contributed by atoms with E-state index >= 15 is 0 Å². The number of hydrogen-bond acceptors (Lipinski definition) is 0. The first-order chi connectivity index (χ1) is 6.95. The van der Waals surface area contributed by atoms with Crippen molar-refractivity contribution < 1.29 is 0 Å². The fraction of sp³-hybridized carbons (Fsp3) is 0. The van der Waals surface area contributed by atoms with E-state index in [1.807, 2.05) is 36.4 Å². The molecule has 1 radical (unpaired) electrons. The minimum absolute atomic E-state index is 0. The van der Waals surface area contributed by atoms with Crippen LogP contribution in [0.15, 0.2) is 60.7 Å². The average molecular weight is 219 g/mol. The van der Waals surface area contributed by atoms with Crippen molar-refractivity contribution >= 4 is 63.5 Å². The Balaban J connectivity index is 0.00000112. The van der Waals surface area contributed by atoms with E-state index in [0.29, 0.717) is 0 Å². The molecular weight excluding hydrogens is 207 g/mol. The molecule has 0 bridgehead atoms. The van der Waals surface area contributed by atoms with Crippen LogP contribution in [-0.2, 0) is 0 Å². The molecule has 0 aliphatic heterocycles. The molecule has 0 fully saturated rings. The molecule has 0 saturated heterocycles. The zero-order valence-corrected chi connectivity index (χ0v) is 12.1. The minimum atomic E-state index is 0. The average Bonchev–Trinajstić information content (AvgIpc) is 2.29. The summed E-state index contributed by atoms with van der Waals surface area (Å²) in [5, 5.41) is 0. The summed E-state index contributed by atoms with van der Waals surface area (Å²) in [7, 11) is 0. The second-order valence-electron chi connectivity index (χ2n) is 3.15. The molecule has 0 N–H and O–H groups in total. The zero-order chi connectivity index (χ0) is 9.64. The smallest absolute Gasteiger partial charge is 0 e. The topological polar surface area (TPSA) is 0 Å². The van der Waals surface area contributed by atoms with Gasteiger partial charge in [0, 0.05) is 51.4 Å². The molecule has 0 aliphatic rings. The van der Waals surface area contributed by atoms with Gasteiger partial charge in [-0.25, -0.2) is 0 Å². The number of rotatable bonds is 2. The molecule has 0 amide bonds. The maximum atomic E-state index is 2.12. The maximum Gasteiger partial charge on any atom is 0 e. The molecule has 1 heteroatoms. The Morgan fingerprint density at radius 3 is 1.20 bits per heavy atom. The molecule has 0 aromatic heterocycles. The summed E-state index contributed by atoms with van der Waals surface area (Å²) >= 11 is 0. The van der Waals surface area contributed by atoms with Crippen molar-refractivity contribution in [2.45, 2.75) is 0 Å². The van der Waals surface area contributed by atoms with Crippen molar-refractivity contribution in [3.05, 3.63) is 71.8 Å². The van der Waals surface area contributed by atoms with Crippen molar-refractivity contribution in [3.63, 3.8) is 0 Å². The van der Waals surface area contributed by atoms with E-state index in [2.05, 4.69) is 36.4 Å². The van der Waals surface area contributed by atoms with E-state index in [4.69, 9.17) is 0 Å². The molecule has 0 atom stereocenters. The van der Waals surface area contributed by atoms with Gasteiger partial charge in [0.2, 0.25) is 0 Å². The molecular formula is C14H12K. The molecule has 0 saturated carbocycles. The summed E-state index contributed by atoms with van der Waals surface area (Å²) in [6.07, 6.45) is 4.24. The first-order valence-corrected chi connectivity index (χ1v) is 4.73. The van der Waals surface area contributed by atoms with Crippen LogP contribution in [-0.4, -0.2) is 51.4 Å². The fourth-order valence-electron chi connectivity index (χ4n) is 1.32. The van der Waals surface area contributed by atoms with Crippen LogP contribution in [0.4, 0.5) is 0 Å². The van der Waals surface area contributed by atoms with Gasteiger partial charge in [0.1, 0.15) is 0 Å². The van der Waals surface area contributed by atoms with Gasteiger partial charge in [0.15, 0.2) is 0 Å². The van der Waals surface area contributed by atoms with Crippen LogP contribution in [0.3, 0.4) is 0 Å². The second kappa shape index (κ2) is 7.15. The number of hydrogen-bond donors (Lipinski definition) is 0. The Bertz CT molecular complexity index is 362. The Kier molecular flexibility index (Phi) is 6.14. The Morgan fingerprint density at radius 1 is 0.533 bits per heavy atom. The quantitative estimate of drug-likeness (QED) is 0.536. The molecule has 69 valence electrons. The minimum Gasteiger partial charge on any atom is -0.0622 e. The van der Waals surface area contributed by atoms with Crippen LogP contribution in [0.5, 0.6) is 0 Å². The molecule has 0 unspecified atom stereocenters. The monoisotopic (exact) mass is 219 g/mol. The Morgan fingerprint density at radius 2 is 0.867 bits per heavy atom. The third-order valence-corrected chi connectivity index (χ3v) is 2.07. The first kappa shape index (κ1) is 12.9. The molecule has 0 nitrogen and oxygen atoms in total. The summed E-state index contributed by atoms with van der Waals surface area (Å²) in [6.45, 7) is 0. The van der Waals surface area contributed by atoms with Gasteiger partial charge in [-0.3, -0.25) is 0 Å². The predicted octanol–water partition coefficient (Wildman–Crippen LogP) is 3.48. The summed E-state index contributed by atoms with van der Waals surface area (Å²) in [6, 6.07) is 20.6. The zero-order valence-electron chi connectivity index (χ0n) is 8.93. The number of benzene rings is 2. The van der Waals surface area contributed by atoms with E-state index < -0.39 is 0 Å². The van der Waals surface area contributed by atoms with E-state index in [0.717, 1.165) is 0 Å². The summed E-state index contributed by atoms with van der Waals surface area (Å²) in [5.74, 6) is 0. The molecule has 0 spiro atoms. The van der Waals surface area contributed by atoms with Crippen molar-refractivity contribution in [2.24, 2.45) is 0 Å². The SMILES string of the molecule is C(=Cc1ccccc1)c1ccccc1.[K]. The Labute approximate surface area is 133 Å². The molecule has 2 rings (SSSR count). The van der Waals surface area contributed by atoms with E-state index in [1.165, 1.54) is 11.1 Å². The molecule has 2 aromatic carbocycles. The summed E-state index contributed by atoms with van der Waals surface area (Å²) < 4.78 is 0. The largest absolute Gasteiger partial charge is 0.0622 e. The molecule has 0 aliphatic carbocycles. The van der Waals surface area contributed by atoms with Crippen molar-refractivity contribution in [1.29, 1.82) is 0 Å². The third-order valence-electron chi connectivity index (χ3n) is 2.07. The maximum absolute atomic E-state index is 2.12. The fourth-order valence-corrected chi connectivity index (χ4v) is 1.32. The van der Waals surface area contributed by atoms with Gasteiger partial charge in [-0.05, 0) is 11.1 Å². The van der Waals surface area contributed by atoms with Gasteiger partial charge in [0.25, 0.3) is 0 Å². The van der Waals surface area contributed by atoms with Gasteiger partial charge < -0.3 is 0 Å². The van der Waals surface area contributed by atoms with Crippen LogP contribution in [0.25, 0.3) is 12.2 Å². The predicted molar refractivity (Wildman–Crippen MR) is 67.6 cm³/mol. The van der Waals surface area contributed by atoms with Crippen LogP contribution in [0.2, 0.25) is 0 Å². The molecule has 2 aromatic rings. The normalized spacial score (nSPS) is 9.87. The molecule has 0 heterocycles. The first-order valence-electron chi connectivity index (χ1n) is 4.73. The molecule has 15 heavy (non-hydrogen) atoms. The summed E-state index contributed by atoms with van der Waals surface area (Å²) in [4.78, 5) is 0. The van der Waals surface area contributed by atoms with Gasteiger partial charge in [-0.15, -0.1) is 0 Å². The van der Waals surface area contributed by atoms with Crippen molar-refractivity contribution in [2.75, 3.05) is 0 Å². The van der Waals surface area contributed by atoms with Gasteiger partial charge in [-0.2, -0.15) is 0 Å². The van der Waals surface area contributed by atoms with Gasteiger partial charge in [0.05, 0.1) is 0 Å². The van der Waals surface area contributed by atoms with E-state index in [1.54, 1.807) is 0 Å². The van der Waals surface area contributed by atoms with Crippen molar-refractivity contribution in [1.82, 2.24) is 0 Å². The van der Waals surface area contributed by atoms with Gasteiger partial charge >= 0.3 is 0 Å². The second-order valence-corrected chi connectivity index (χ2v) is 3.15. The summed E-state index contributed by atoms with van der Waals surface area (Å²) in [5.41, 5.74) is 2.47. The van der Waals surface area contributed by atoms with Crippen molar-refractivity contribution in [3.8, 4) is 0 Å². The van der Waals surface area contributed by atoms with E-state index in [9.17, 15) is 0 Å². The van der Waals surface area contributed by atoms with Gasteiger partial charge in [-0.1, -0.05) is 72.8 Å². The Hall–Kier alpha value is -0.184. The third kappa shape index (κ3) is 4.45. The van der Waals surface area contributed by atoms with Crippen LogP contribution in [0.1, 0.15) is 11.1 Å².